The summed E-state index contributed by atoms with van der Waals surface area (Å²) < 4.78 is 6.12. The fourth-order valence-electron chi connectivity index (χ4n) is 4.30. The Hall–Kier alpha value is -0.0800. The van der Waals surface area contributed by atoms with Gasteiger partial charge in [0, 0.05) is 18.7 Å². The van der Waals surface area contributed by atoms with Crippen molar-refractivity contribution in [3.63, 3.8) is 0 Å². The number of nitrogens with one attached hydrogen (secondary N) is 1. The third-order valence-electron chi connectivity index (χ3n) is 5.50. The van der Waals surface area contributed by atoms with Crippen molar-refractivity contribution < 1.29 is 4.74 Å². The summed E-state index contributed by atoms with van der Waals surface area (Å²) in [6, 6.07) is 1.53. The molecular weight excluding hydrogens is 222 g/mol. The molecule has 0 amide bonds. The fraction of sp³-hybridized carbons (Fsp3) is 1.00. The van der Waals surface area contributed by atoms with Crippen molar-refractivity contribution >= 4 is 0 Å². The molecule has 2 heteroatoms. The van der Waals surface area contributed by atoms with Gasteiger partial charge in [-0.25, -0.2) is 0 Å². The maximum Gasteiger partial charge on any atom is 0.0697 e. The van der Waals surface area contributed by atoms with E-state index in [-0.39, 0.29) is 5.60 Å². The zero-order valence-corrected chi connectivity index (χ0v) is 11.9. The molecule has 18 heavy (non-hydrogen) atoms. The molecule has 2 nitrogen and oxygen atoms in total. The molecule has 2 aliphatic carbocycles. The third kappa shape index (κ3) is 2.91. The van der Waals surface area contributed by atoms with E-state index < -0.39 is 0 Å². The van der Waals surface area contributed by atoms with E-state index in [9.17, 15) is 0 Å². The second-order valence-corrected chi connectivity index (χ2v) is 7.05. The van der Waals surface area contributed by atoms with E-state index in [4.69, 9.17) is 4.74 Å². The van der Waals surface area contributed by atoms with Crippen molar-refractivity contribution in [1.82, 2.24) is 5.32 Å². The minimum absolute atomic E-state index is 0.276. The summed E-state index contributed by atoms with van der Waals surface area (Å²) in [5.41, 5.74) is 0.276. The van der Waals surface area contributed by atoms with Crippen molar-refractivity contribution in [3.05, 3.63) is 0 Å². The van der Waals surface area contributed by atoms with Crippen molar-refractivity contribution in [1.29, 1.82) is 0 Å². The highest BCUT2D eigenvalue weighted by Crippen LogP contribution is 2.40. The summed E-state index contributed by atoms with van der Waals surface area (Å²) >= 11 is 0. The highest BCUT2D eigenvalue weighted by molar-refractivity contribution is 4.94. The molecule has 1 heterocycles. The van der Waals surface area contributed by atoms with Crippen LogP contribution in [0.3, 0.4) is 0 Å². The van der Waals surface area contributed by atoms with Crippen molar-refractivity contribution in [3.8, 4) is 0 Å². The Bertz CT molecular complexity index is 264. The van der Waals surface area contributed by atoms with Gasteiger partial charge in [0.25, 0.3) is 0 Å². The molecule has 0 aromatic carbocycles. The van der Waals surface area contributed by atoms with Crippen molar-refractivity contribution in [2.75, 3.05) is 6.61 Å². The fourth-order valence-corrected chi connectivity index (χ4v) is 4.30. The van der Waals surface area contributed by atoms with Crippen LogP contribution in [0.4, 0.5) is 0 Å². The van der Waals surface area contributed by atoms with Gasteiger partial charge in [-0.3, -0.25) is 0 Å². The quantitative estimate of drug-likeness (QED) is 0.809. The van der Waals surface area contributed by atoms with Crippen LogP contribution < -0.4 is 5.32 Å². The molecule has 3 fully saturated rings. The topological polar surface area (TPSA) is 21.3 Å². The van der Waals surface area contributed by atoms with Gasteiger partial charge in [0.2, 0.25) is 0 Å². The van der Waals surface area contributed by atoms with Crippen molar-refractivity contribution in [2.24, 2.45) is 5.92 Å². The first-order valence-corrected chi connectivity index (χ1v) is 8.16. The largest absolute Gasteiger partial charge is 0.375 e. The molecule has 3 rings (SSSR count). The van der Waals surface area contributed by atoms with Gasteiger partial charge in [-0.05, 0) is 57.3 Å². The van der Waals surface area contributed by atoms with Gasteiger partial charge in [-0.15, -0.1) is 0 Å². The lowest BCUT2D eigenvalue weighted by Gasteiger charge is -2.41. The zero-order valence-electron chi connectivity index (χ0n) is 11.9. The van der Waals surface area contributed by atoms with E-state index in [0.29, 0.717) is 0 Å². The van der Waals surface area contributed by atoms with Gasteiger partial charge in [-0.1, -0.05) is 19.8 Å². The number of hydrogen-bond donors (Lipinski definition) is 1. The van der Waals surface area contributed by atoms with Crippen LogP contribution in [0.1, 0.15) is 71.1 Å². The van der Waals surface area contributed by atoms with E-state index >= 15 is 0 Å². The summed E-state index contributed by atoms with van der Waals surface area (Å²) in [7, 11) is 0. The molecule has 1 aliphatic heterocycles. The SMILES string of the molecule is CC1CCC(NC2CCOC3(CCCC3)C2)CC1. The van der Waals surface area contributed by atoms with Gasteiger partial charge in [0.1, 0.15) is 0 Å². The third-order valence-corrected chi connectivity index (χ3v) is 5.50. The van der Waals surface area contributed by atoms with Gasteiger partial charge in [0.05, 0.1) is 5.60 Å². The number of hydrogen-bond acceptors (Lipinski definition) is 2. The molecule has 3 aliphatic rings. The number of ether oxygens (including phenoxy) is 1. The second kappa shape index (κ2) is 5.50. The minimum Gasteiger partial charge on any atom is -0.375 e. The molecule has 1 atom stereocenters. The lowest BCUT2D eigenvalue weighted by Crippen LogP contribution is -2.49. The Labute approximate surface area is 112 Å². The highest BCUT2D eigenvalue weighted by atomic mass is 16.5. The molecule has 1 N–H and O–H groups in total. The Morgan fingerprint density at radius 1 is 0.944 bits per heavy atom. The lowest BCUT2D eigenvalue weighted by atomic mass is 9.85. The lowest BCUT2D eigenvalue weighted by molar-refractivity contribution is -0.0852. The van der Waals surface area contributed by atoms with E-state index in [1.165, 1.54) is 64.2 Å². The molecule has 1 unspecified atom stereocenters. The Kier molecular flexibility index (Phi) is 3.95. The molecule has 0 aromatic heterocycles. The summed E-state index contributed by atoms with van der Waals surface area (Å²) in [6.45, 7) is 3.39. The second-order valence-electron chi connectivity index (χ2n) is 7.05. The highest BCUT2D eigenvalue weighted by Gasteiger charge is 2.40. The predicted molar refractivity (Wildman–Crippen MR) is 74.7 cm³/mol. The predicted octanol–water partition coefficient (Wildman–Crippen LogP) is 3.65. The van der Waals surface area contributed by atoms with Gasteiger partial charge in [-0.2, -0.15) is 0 Å². The van der Waals surface area contributed by atoms with Crippen LogP contribution >= 0.6 is 0 Å². The van der Waals surface area contributed by atoms with Crippen LogP contribution in [0.2, 0.25) is 0 Å². The molecule has 1 spiro atoms. The van der Waals surface area contributed by atoms with E-state index in [1.54, 1.807) is 0 Å². The molecule has 1 saturated heterocycles. The summed E-state index contributed by atoms with van der Waals surface area (Å²) in [5.74, 6) is 0.957. The van der Waals surface area contributed by atoms with Crippen molar-refractivity contribution in [2.45, 2.75) is 88.8 Å². The average Bonchev–Trinajstić information content (AvgIpc) is 2.80. The molecule has 0 radical (unpaired) electrons. The van der Waals surface area contributed by atoms with Gasteiger partial charge in [0.15, 0.2) is 0 Å². The van der Waals surface area contributed by atoms with Crippen LogP contribution in [0.15, 0.2) is 0 Å². The molecule has 2 saturated carbocycles. The van der Waals surface area contributed by atoms with E-state index in [1.807, 2.05) is 0 Å². The zero-order chi connectivity index (χ0) is 12.4. The Morgan fingerprint density at radius 3 is 2.39 bits per heavy atom. The maximum absolute atomic E-state index is 6.12. The first kappa shape index (κ1) is 12.9. The molecular formula is C16H29NO. The Balaban J connectivity index is 1.50. The number of rotatable bonds is 2. The van der Waals surface area contributed by atoms with Crippen LogP contribution in [-0.2, 0) is 4.74 Å². The van der Waals surface area contributed by atoms with Gasteiger partial charge < -0.3 is 10.1 Å². The van der Waals surface area contributed by atoms with Gasteiger partial charge >= 0.3 is 0 Å². The van der Waals surface area contributed by atoms with E-state index in [0.717, 1.165) is 24.6 Å². The molecule has 104 valence electrons. The normalized spacial score (nSPS) is 40.2. The first-order chi connectivity index (χ1) is 8.76. The van der Waals surface area contributed by atoms with Crippen LogP contribution in [0.25, 0.3) is 0 Å². The summed E-state index contributed by atoms with van der Waals surface area (Å²) in [4.78, 5) is 0. The summed E-state index contributed by atoms with van der Waals surface area (Å²) in [6.07, 6.45) is 13.5. The van der Waals surface area contributed by atoms with Crippen LogP contribution in [-0.4, -0.2) is 24.3 Å². The maximum atomic E-state index is 6.12. The monoisotopic (exact) mass is 251 g/mol. The molecule has 0 bridgehead atoms. The van der Waals surface area contributed by atoms with E-state index in [2.05, 4.69) is 12.2 Å². The summed E-state index contributed by atoms with van der Waals surface area (Å²) in [5, 5.41) is 3.95. The minimum atomic E-state index is 0.276. The van der Waals surface area contributed by atoms with Crippen LogP contribution in [0.5, 0.6) is 0 Å². The van der Waals surface area contributed by atoms with Crippen LogP contribution in [0, 0.1) is 5.92 Å². The smallest absolute Gasteiger partial charge is 0.0697 e. The average molecular weight is 251 g/mol. The first-order valence-electron chi connectivity index (χ1n) is 8.16. The Morgan fingerprint density at radius 2 is 1.67 bits per heavy atom. The standard InChI is InChI=1S/C16H29NO/c1-13-4-6-14(7-5-13)17-15-8-11-18-16(12-15)9-2-3-10-16/h13-15,17H,2-12H2,1H3. The molecule has 0 aromatic rings.